The van der Waals surface area contributed by atoms with Crippen LogP contribution in [0.2, 0.25) is 0 Å². The Morgan fingerprint density at radius 2 is 2.00 bits per heavy atom. The Balaban J connectivity index is 2.09. The molecule has 1 saturated heterocycles. The molecular formula is C11H17NO2. The van der Waals surface area contributed by atoms with Gasteiger partial charge in [0.2, 0.25) is 11.8 Å². The van der Waals surface area contributed by atoms with Crippen molar-refractivity contribution in [3.05, 3.63) is 0 Å². The molecule has 1 spiro atoms. The third-order valence-corrected chi connectivity index (χ3v) is 3.73. The summed E-state index contributed by atoms with van der Waals surface area (Å²) in [5.41, 5.74) is 0.0279. The molecule has 1 aliphatic carbocycles. The van der Waals surface area contributed by atoms with Crippen molar-refractivity contribution >= 4 is 11.8 Å². The second-order valence-electron chi connectivity index (χ2n) is 4.84. The van der Waals surface area contributed by atoms with E-state index >= 15 is 0 Å². The van der Waals surface area contributed by atoms with Crippen LogP contribution in [0.25, 0.3) is 0 Å². The van der Waals surface area contributed by atoms with Gasteiger partial charge in [0.15, 0.2) is 0 Å². The largest absolute Gasteiger partial charge is 0.296 e. The second kappa shape index (κ2) is 3.37. The molecule has 0 radical (unpaired) electrons. The zero-order chi connectivity index (χ0) is 10.2. The molecular weight excluding hydrogens is 178 g/mol. The molecule has 2 fully saturated rings. The molecule has 14 heavy (non-hydrogen) atoms. The zero-order valence-corrected chi connectivity index (χ0v) is 8.64. The minimum atomic E-state index is -0.0713. The molecule has 0 aromatic heterocycles. The summed E-state index contributed by atoms with van der Waals surface area (Å²) < 4.78 is 0. The predicted molar refractivity (Wildman–Crippen MR) is 52.4 cm³/mol. The van der Waals surface area contributed by atoms with Gasteiger partial charge >= 0.3 is 0 Å². The van der Waals surface area contributed by atoms with Gasteiger partial charge in [-0.15, -0.1) is 0 Å². The van der Waals surface area contributed by atoms with E-state index in [1.165, 1.54) is 12.8 Å². The van der Waals surface area contributed by atoms with Gasteiger partial charge in [-0.3, -0.25) is 14.9 Å². The second-order valence-corrected chi connectivity index (χ2v) is 4.84. The molecule has 0 bridgehead atoms. The third-order valence-electron chi connectivity index (χ3n) is 3.73. The van der Waals surface area contributed by atoms with E-state index < -0.39 is 0 Å². The Labute approximate surface area is 84.2 Å². The van der Waals surface area contributed by atoms with Crippen molar-refractivity contribution in [2.24, 2.45) is 11.3 Å². The molecule has 2 amide bonds. The molecule has 78 valence electrons. The average Bonchev–Trinajstić information content (AvgIpc) is 2.46. The maximum absolute atomic E-state index is 11.3. The van der Waals surface area contributed by atoms with Crippen LogP contribution in [0.3, 0.4) is 0 Å². The van der Waals surface area contributed by atoms with E-state index in [4.69, 9.17) is 0 Å². The number of piperidine rings is 1. The summed E-state index contributed by atoms with van der Waals surface area (Å²) in [6.45, 7) is 2.19. The molecule has 2 rings (SSSR count). The molecule has 0 aromatic carbocycles. The zero-order valence-electron chi connectivity index (χ0n) is 8.64. The summed E-state index contributed by atoms with van der Waals surface area (Å²) in [7, 11) is 0. The molecule has 1 heterocycles. The lowest BCUT2D eigenvalue weighted by Crippen LogP contribution is -2.43. The van der Waals surface area contributed by atoms with E-state index in [1.807, 2.05) is 0 Å². The first-order valence-electron chi connectivity index (χ1n) is 5.46. The Hall–Kier alpha value is -0.860. The van der Waals surface area contributed by atoms with Crippen molar-refractivity contribution in [2.45, 2.75) is 45.4 Å². The molecule has 1 N–H and O–H groups in total. The highest BCUT2D eigenvalue weighted by Crippen LogP contribution is 2.49. The first kappa shape index (κ1) is 9.69. The maximum atomic E-state index is 11.3. The van der Waals surface area contributed by atoms with Crippen LogP contribution in [-0.2, 0) is 9.59 Å². The van der Waals surface area contributed by atoms with Gasteiger partial charge in [0, 0.05) is 12.8 Å². The van der Waals surface area contributed by atoms with E-state index in [0.717, 1.165) is 18.8 Å². The fraction of sp³-hybridized carbons (Fsp3) is 0.818. The molecule has 1 saturated carbocycles. The van der Waals surface area contributed by atoms with E-state index in [1.54, 1.807) is 0 Å². The number of imide groups is 1. The number of carbonyl (C=O) groups excluding carboxylic acids is 2. The monoisotopic (exact) mass is 195 g/mol. The summed E-state index contributed by atoms with van der Waals surface area (Å²) in [5.74, 6) is 0.588. The number of hydrogen-bond donors (Lipinski definition) is 1. The van der Waals surface area contributed by atoms with Gasteiger partial charge in [0.1, 0.15) is 0 Å². The highest BCUT2D eigenvalue weighted by atomic mass is 16.2. The van der Waals surface area contributed by atoms with Crippen LogP contribution >= 0.6 is 0 Å². The Morgan fingerprint density at radius 3 is 2.50 bits per heavy atom. The van der Waals surface area contributed by atoms with Crippen LogP contribution in [-0.4, -0.2) is 11.8 Å². The van der Waals surface area contributed by atoms with Gasteiger partial charge in [0.25, 0.3) is 0 Å². The van der Waals surface area contributed by atoms with Gasteiger partial charge in [-0.2, -0.15) is 0 Å². The summed E-state index contributed by atoms with van der Waals surface area (Å²) in [5, 5.41) is 2.39. The molecule has 1 unspecified atom stereocenters. The summed E-state index contributed by atoms with van der Waals surface area (Å²) in [6.07, 6.45) is 5.63. The van der Waals surface area contributed by atoms with Gasteiger partial charge in [-0.25, -0.2) is 0 Å². The lowest BCUT2D eigenvalue weighted by Gasteiger charge is -2.31. The van der Waals surface area contributed by atoms with Crippen LogP contribution < -0.4 is 5.32 Å². The Kier molecular flexibility index (Phi) is 2.33. The van der Waals surface area contributed by atoms with Crippen molar-refractivity contribution in [1.82, 2.24) is 5.32 Å². The number of hydrogen-bond acceptors (Lipinski definition) is 2. The van der Waals surface area contributed by atoms with Crippen LogP contribution in [0.5, 0.6) is 0 Å². The normalized spacial score (nSPS) is 30.8. The summed E-state index contributed by atoms with van der Waals surface area (Å²) in [6, 6.07) is 0. The smallest absolute Gasteiger partial charge is 0.227 e. The van der Waals surface area contributed by atoms with E-state index in [0.29, 0.717) is 12.8 Å². The number of nitrogens with one attached hydrogen (secondary N) is 1. The van der Waals surface area contributed by atoms with Gasteiger partial charge in [0.05, 0.1) is 0 Å². The quantitative estimate of drug-likeness (QED) is 0.646. The van der Waals surface area contributed by atoms with Crippen molar-refractivity contribution < 1.29 is 9.59 Å². The van der Waals surface area contributed by atoms with Crippen LogP contribution in [0.1, 0.15) is 45.4 Å². The first-order valence-corrected chi connectivity index (χ1v) is 5.46. The number of amides is 2. The fourth-order valence-electron chi connectivity index (χ4n) is 2.98. The predicted octanol–water partition coefficient (Wildman–Crippen LogP) is 1.62. The van der Waals surface area contributed by atoms with Gasteiger partial charge in [-0.1, -0.05) is 13.3 Å². The lowest BCUT2D eigenvalue weighted by molar-refractivity contribution is -0.137. The van der Waals surface area contributed by atoms with Crippen LogP contribution in [0.15, 0.2) is 0 Å². The van der Waals surface area contributed by atoms with Crippen molar-refractivity contribution in [2.75, 3.05) is 0 Å². The highest BCUT2D eigenvalue weighted by Gasteiger charge is 2.44. The van der Waals surface area contributed by atoms with Gasteiger partial charge in [-0.05, 0) is 30.6 Å². The standard InChI is InChI=1S/C11H17NO2/c1-2-8-3-4-11(5-8)6-9(13)12-10(14)7-11/h8H,2-7H2,1H3,(H,12,13,14). The molecule has 3 nitrogen and oxygen atoms in total. The molecule has 1 aliphatic heterocycles. The maximum Gasteiger partial charge on any atom is 0.227 e. The van der Waals surface area contributed by atoms with Crippen molar-refractivity contribution in [1.29, 1.82) is 0 Å². The molecule has 3 heteroatoms. The van der Waals surface area contributed by atoms with E-state index in [9.17, 15) is 9.59 Å². The van der Waals surface area contributed by atoms with E-state index in [-0.39, 0.29) is 17.2 Å². The molecule has 1 atom stereocenters. The molecule has 0 aromatic rings. The van der Waals surface area contributed by atoms with Crippen molar-refractivity contribution in [3.8, 4) is 0 Å². The Bertz CT molecular complexity index is 256. The van der Waals surface area contributed by atoms with E-state index in [2.05, 4.69) is 12.2 Å². The van der Waals surface area contributed by atoms with Gasteiger partial charge < -0.3 is 0 Å². The number of carbonyl (C=O) groups is 2. The summed E-state index contributed by atoms with van der Waals surface area (Å²) in [4.78, 5) is 22.6. The SMILES string of the molecule is CCC1CCC2(CC(=O)NC(=O)C2)C1. The average molecular weight is 195 g/mol. The fourth-order valence-corrected chi connectivity index (χ4v) is 2.98. The van der Waals surface area contributed by atoms with Crippen LogP contribution in [0.4, 0.5) is 0 Å². The topological polar surface area (TPSA) is 46.2 Å². The minimum absolute atomic E-state index is 0.0279. The minimum Gasteiger partial charge on any atom is -0.296 e. The summed E-state index contributed by atoms with van der Waals surface area (Å²) >= 11 is 0. The first-order chi connectivity index (χ1) is 6.63. The molecule has 2 aliphatic rings. The Morgan fingerprint density at radius 1 is 1.36 bits per heavy atom. The number of rotatable bonds is 1. The third kappa shape index (κ3) is 1.68. The highest BCUT2D eigenvalue weighted by molar-refractivity contribution is 5.98. The van der Waals surface area contributed by atoms with Crippen molar-refractivity contribution in [3.63, 3.8) is 0 Å². The van der Waals surface area contributed by atoms with Crippen LogP contribution in [0, 0.1) is 11.3 Å². The lowest BCUT2D eigenvalue weighted by atomic mass is 9.76.